The molecule has 3 nitrogen and oxygen atoms in total. The standard InChI is InChI=1S/C13H17NO2/c1-3-10-6-7-14-13(10)12(5-1)16-11-4-2-8-15-9-11/h1,3,5,11,14H,2,4,6-9H2. The SMILES string of the molecule is c1cc2c(c(OC3CCCOC3)c1)NCC2. The van der Waals surface area contributed by atoms with E-state index in [2.05, 4.69) is 17.4 Å². The summed E-state index contributed by atoms with van der Waals surface area (Å²) in [4.78, 5) is 0. The van der Waals surface area contributed by atoms with Gasteiger partial charge in [-0.25, -0.2) is 0 Å². The molecule has 0 spiro atoms. The second-order valence-electron chi connectivity index (χ2n) is 4.42. The fourth-order valence-corrected chi connectivity index (χ4v) is 2.39. The highest BCUT2D eigenvalue weighted by Crippen LogP contribution is 2.33. The largest absolute Gasteiger partial charge is 0.486 e. The lowest BCUT2D eigenvalue weighted by atomic mass is 10.1. The van der Waals surface area contributed by atoms with E-state index in [1.54, 1.807) is 0 Å². The molecule has 0 aromatic heterocycles. The Morgan fingerprint density at radius 2 is 2.38 bits per heavy atom. The Labute approximate surface area is 95.8 Å². The van der Waals surface area contributed by atoms with Crippen molar-refractivity contribution >= 4 is 5.69 Å². The Morgan fingerprint density at radius 3 is 3.25 bits per heavy atom. The molecule has 1 atom stereocenters. The monoisotopic (exact) mass is 219 g/mol. The first-order chi connectivity index (χ1) is 7.93. The van der Waals surface area contributed by atoms with Crippen LogP contribution in [0.2, 0.25) is 0 Å². The van der Waals surface area contributed by atoms with Crippen molar-refractivity contribution in [2.45, 2.75) is 25.4 Å². The van der Waals surface area contributed by atoms with Gasteiger partial charge in [0.1, 0.15) is 11.9 Å². The first kappa shape index (κ1) is 9.97. The van der Waals surface area contributed by atoms with E-state index in [1.807, 2.05) is 6.07 Å². The van der Waals surface area contributed by atoms with E-state index >= 15 is 0 Å². The van der Waals surface area contributed by atoms with E-state index in [1.165, 1.54) is 11.3 Å². The lowest BCUT2D eigenvalue weighted by molar-refractivity contribution is 0.00774. The summed E-state index contributed by atoms with van der Waals surface area (Å²) in [5, 5.41) is 3.39. The number of hydrogen-bond acceptors (Lipinski definition) is 3. The van der Waals surface area contributed by atoms with Gasteiger partial charge in [-0.15, -0.1) is 0 Å². The number of benzene rings is 1. The summed E-state index contributed by atoms with van der Waals surface area (Å²) in [6.45, 7) is 2.63. The molecule has 0 radical (unpaired) electrons. The smallest absolute Gasteiger partial charge is 0.143 e. The van der Waals surface area contributed by atoms with Crippen molar-refractivity contribution in [3.8, 4) is 5.75 Å². The van der Waals surface area contributed by atoms with Gasteiger partial charge in [0.05, 0.1) is 12.3 Å². The maximum atomic E-state index is 6.01. The summed E-state index contributed by atoms with van der Waals surface area (Å²) < 4.78 is 11.4. The van der Waals surface area contributed by atoms with Crippen molar-refractivity contribution in [3.05, 3.63) is 23.8 Å². The zero-order valence-corrected chi connectivity index (χ0v) is 9.37. The summed E-state index contributed by atoms with van der Waals surface area (Å²) in [5.41, 5.74) is 2.56. The Bertz CT molecular complexity index is 372. The zero-order chi connectivity index (χ0) is 10.8. The van der Waals surface area contributed by atoms with Gasteiger partial charge in [-0.05, 0) is 30.9 Å². The minimum Gasteiger partial charge on any atom is -0.486 e. The highest BCUT2D eigenvalue weighted by molar-refractivity contribution is 5.65. The molecular formula is C13H17NO2. The number of para-hydroxylation sites is 1. The molecule has 1 aromatic rings. The third kappa shape index (κ3) is 1.87. The van der Waals surface area contributed by atoms with Crippen LogP contribution in [-0.2, 0) is 11.2 Å². The zero-order valence-electron chi connectivity index (χ0n) is 9.37. The van der Waals surface area contributed by atoms with Gasteiger partial charge in [-0.3, -0.25) is 0 Å². The van der Waals surface area contributed by atoms with Gasteiger partial charge in [0.25, 0.3) is 0 Å². The molecular weight excluding hydrogens is 202 g/mol. The van der Waals surface area contributed by atoms with E-state index in [4.69, 9.17) is 9.47 Å². The van der Waals surface area contributed by atoms with Crippen molar-refractivity contribution in [1.29, 1.82) is 0 Å². The number of anilines is 1. The second-order valence-corrected chi connectivity index (χ2v) is 4.42. The van der Waals surface area contributed by atoms with Crippen LogP contribution in [0.5, 0.6) is 5.75 Å². The van der Waals surface area contributed by atoms with Gasteiger partial charge in [0, 0.05) is 13.2 Å². The van der Waals surface area contributed by atoms with Crippen LogP contribution in [0.25, 0.3) is 0 Å². The highest BCUT2D eigenvalue weighted by Gasteiger charge is 2.19. The molecule has 1 aromatic carbocycles. The summed E-state index contributed by atoms with van der Waals surface area (Å²) >= 11 is 0. The van der Waals surface area contributed by atoms with Gasteiger partial charge in [0.15, 0.2) is 0 Å². The lowest BCUT2D eigenvalue weighted by Crippen LogP contribution is -2.28. The summed E-state index contributed by atoms with van der Waals surface area (Å²) in [6.07, 6.45) is 3.53. The van der Waals surface area contributed by atoms with E-state index in [9.17, 15) is 0 Å². The van der Waals surface area contributed by atoms with Gasteiger partial charge < -0.3 is 14.8 Å². The predicted molar refractivity (Wildman–Crippen MR) is 63.1 cm³/mol. The van der Waals surface area contributed by atoms with E-state index in [0.29, 0.717) is 0 Å². The maximum absolute atomic E-state index is 6.01. The van der Waals surface area contributed by atoms with Crippen LogP contribution in [0.1, 0.15) is 18.4 Å². The second kappa shape index (κ2) is 4.34. The summed E-state index contributed by atoms with van der Waals surface area (Å²) in [5.74, 6) is 0.991. The number of rotatable bonds is 2. The van der Waals surface area contributed by atoms with Crippen molar-refractivity contribution in [2.75, 3.05) is 25.1 Å². The fourth-order valence-electron chi connectivity index (χ4n) is 2.39. The molecule has 16 heavy (non-hydrogen) atoms. The molecule has 0 amide bonds. The number of ether oxygens (including phenoxy) is 2. The topological polar surface area (TPSA) is 30.5 Å². The van der Waals surface area contributed by atoms with Crippen molar-refractivity contribution < 1.29 is 9.47 Å². The minimum absolute atomic E-state index is 0.225. The molecule has 1 N–H and O–H groups in total. The molecule has 2 aliphatic heterocycles. The third-order valence-electron chi connectivity index (χ3n) is 3.22. The molecule has 2 heterocycles. The molecule has 1 fully saturated rings. The van der Waals surface area contributed by atoms with Crippen LogP contribution >= 0.6 is 0 Å². The molecule has 1 saturated heterocycles. The minimum atomic E-state index is 0.225. The van der Waals surface area contributed by atoms with Crippen LogP contribution in [0.4, 0.5) is 5.69 Å². The van der Waals surface area contributed by atoms with Crippen LogP contribution < -0.4 is 10.1 Å². The Hall–Kier alpha value is -1.22. The molecule has 86 valence electrons. The lowest BCUT2D eigenvalue weighted by Gasteiger charge is -2.24. The van der Waals surface area contributed by atoms with Crippen LogP contribution in [0.15, 0.2) is 18.2 Å². The van der Waals surface area contributed by atoms with Gasteiger partial charge >= 0.3 is 0 Å². The van der Waals surface area contributed by atoms with Crippen molar-refractivity contribution in [2.24, 2.45) is 0 Å². The molecule has 0 aliphatic carbocycles. The van der Waals surface area contributed by atoms with E-state index in [0.717, 1.165) is 44.8 Å². The fraction of sp³-hybridized carbons (Fsp3) is 0.538. The normalized spacial score (nSPS) is 23.6. The highest BCUT2D eigenvalue weighted by atomic mass is 16.5. The first-order valence-corrected chi connectivity index (χ1v) is 6.03. The quantitative estimate of drug-likeness (QED) is 0.827. The van der Waals surface area contributed by atoms with Crippen LogP contribution in [0.3, 0.4) is 0 Å². The Morgan fingerprint density at radius 1 is 1.38 bits per heavy atom. The molecule has 0 bridgehead atoms. The van der Waals surface area contributed by atoms with Crippen LogP contribution in [0, 0.1) is 0 Å². The average molecular weight is 219 g/mol. The van der Waals surface area contributed by atoms with Gasteiger partial charge in [-0.2, -0.15) is 0 Å². The van der Waals surface area contributed by atoms with E-state index < -0.39 is 0 Å². The Kier molecular flexibility index (Phi) is 2.70. The van der Waals surface area contributed by atoms with Crippen LogP contribution in [-0.4, -0.2) is 25.9 Å². The summed E-state index contributed by atoms with van der Waals surface area (Å²) in [7, 11) is 0. The number of nitrogens with one attached hydrogen (secondary N) is 1. The Balaban J connectivity index is 1.76. The summed E-state index contributed by atoms with van der Waals surface area (Å²) in [6, 6.07) is 6.29. The third-order valence-corrected chi connectivity index (χ3v) is 3.22. The van der Waals surface area contributed by atoms with Gasteiger partial charge in [0.2, 0.25) is 0 Å². The molecule has 1 unspecified atom stereocenters. The molecule has 0 saturated carbocycles. The van der Waals surface area contributed by atoms with Crippen molar-refractivity contribution in [3.63, 3.8) is 0 Å². The molecule has 3 heteroatoms. The predicted octanol–water partition coefficient (Wildman–Crippen LogP) is 2.21. The maximum Gasteiger partial charge on any atom is 0.143 e. The average Bonchev–Trinajstić information content (AvgIpc) is 2.80. The first-order valence-electron chi connectivity index (χ1n) is 6.03. The van der Waals surface area contributed by atoms with Gasteiger partial charge in [-0.1, -0.05) is 12.1 Å². The number of hydrogen-bond donors (Lipinski definition) is 1. The van der Waals surface area contributed by atoms with E-state index in [-0.39, 0.29) is 6.10 Å². The molecule has 2 aliphatic rings. The number of fused-ring (bicyclic) bond motifs is 1. The molecule has 3 rings (SSSR count). The van der Waals surface area contributed by atoms with Crippen molar-refractivity contribution in [1.82, 2.24) is 0 Å².